The minimum absolute atomic E-state index is 0.00491. The number of carbonyl (C=O) groups excluding carboxylic acids is 2. The molecule has 0 aromatic rings. The average molecular weight is 999 g/mol. The van der Waals surface area contributed by atoms with Gasteiger partial charge < -0.3 is 20.3 Å². The number of allylic oxidation sites excluding steroid dienone is 5. The molecule has 418 valence electrons. The highest BCUT2D eigenvalue weighted by Gasteiger charge is 2.18. The van der Waals surface area contributed by atoms with Crippen molar-refractivity contribution in [1.82, 2.24) is 5.32 Å². The molecule has 0 aliphatic rings. The summed E-state index contributed by atoms with van der Waals surface area (Å²) in [4.78, 5) is 24.4. The molecule has 0 saturated heterocycles. The van der Waals surface area contributed by atoms with E-state index in [0.717, 1.165) is 44.9 Å². The van der Waals surface area contributed by atoms with Crippen LogP contribution in [0.15, 0.2) is 36.5 Å². The number of aliphatic hydroxyl groups is 2. The third kappa shape index (κ3) is 57.2. The van der Waals surface area contributed by atoms with E-state index in [2.05, 4.69) is 43.5 Å². The smallest absolute Gasteiger partial charge is 0.305 e. The lowest BCUT2D eigenvalue weighted by Crippen LogP contribution is -2.45. The van der Waals surface area contributed by atoms with E-state index in [0.29, 0.717) is 19.4 Å². The van der Waals surface area contributed by atoms with Crippen LogP contribution in [0.4, 0.5) is 0 Å². The molecule has 0 aliphatic heterocycles. The van der Waals surface area contributed by atoms with E-state index in [1.165, 1.54) is 270 Å². The molecule has 6 nitrogen and oxygen atoms in total. The molecular weight excluding hydrogens is 875 g/mol. The molecule has 0 radical (unpaired) electrons. The van der Waals surface area contributed by atoms with Crippen LogP contribution in [0.1, 0.15) is 341 Å². The number of amides is 1. The second-order valence-corrected chi connectivity index (χ2v) is 21.7. The van der Waals surface area contributed by atoms with Crippen LogP contribution in [0.3, 0.4) is 0 Å². The summed E-state index contributed by atoms with van der Waals surface area (Å²) >= 11 is 0. The van der Waals surface area contributed by atoms with Gasteiger partial charge in [0, 0.05) is 12.8 Å². The topological polar surface area (TPSA) is 95.9 Å². The van der Waals surface area contributed by atoms with E-state index in [-0.39, 0.29) is 18.5 Å². The van der Waals surface area contributed by atoms with Crippen LogP contribution in [0, 0.1) is 0 Å². The Morgan fingerprint density at radius 1 is 0.380 bits per heavy atom. The molecule has 0 aliphatic carbocycles. The summed E-state index contributed by atoms with van der Waals surface area (Å²) in [6.07, 6.45) is 76.3. The molecule has 6 heteroatoms. The van der Waals surface area contributed by atoms with Gasteiger partial charge in [-0.25, -0.2) is 0 Å². The largest absolute Gasteiger partial charge is 0.466 e. The molecule has 0 saturated carbocycles. The van der Waals surface area contributed by atoms with Gasteiger partial charge in [0.2, 0.25) is 5.91 Å². The first-order valence-electron chi connectivity index (χ1n) is 31.8. The molecule has 0 bridgehead atoms. The van der Waals surface area contributed by atoms with Crippen LogP contribution < -0.4 is 5.32 Å². The van der Waals surface area contributed by atoms with Gasteiger partial charge in [-0.15, -0.1) is 0 Å². The molecule has 2 atom stereocenters. The van der Waals surface area contributed by atoms with E-state index in [1.54, 1.807) is 6.08 Å². The van der Waals surface area contributed by atoms with E-state index in [1.807, 2.05) is 6.08 Å². The summed E-state index contributed by atoms with van der Waals surface area (Å²) in [6.45, 7) is 4.88. The maximum absolute atomic E-state index is 12.5. The number of nitrogens with one attached hydrogen (secondary N) is 1. The summed E-state index contributed by atoms with van der Waals surface area (Å²) in [6, 6.07) is -0.627. The lowest BCUT2D eigenvalue weighted by molar-refractivity contribution is -0.143. The van der Waals surface area contributed by atoms with Crippen molar-refractivity contribution in [2.45, 2.75) is 353 Å². The fourth-order valence-corrected chi connectivity index (χ4v) is 9.73. The maximum Gasteiger partial charge on any atom is 0.305 e. The molecule has 0 rings (SSSR count). The maximum atomic E-state index is 12.5. The third-order valence-electron chi connectivity index (χ3n) is 14.6. The van der Waals surface area contributed by atoms with Crippen molar-refractivity contribution in [3.8, 4) is 0 Å². The number of rotatable bonds is 59. The van der Waals surface area contributed by atoms with Crippen LogP contribution >= 0.6 is 0 Å². The van der Waals surface area contributed by atoms with Gasteiger partial charge in [-0.3, -0.25) is 9.59 Å². The summed E-state index contributed by atoms with van der Waals surface area (Å²) in [5, 5.41) is 23.1. The second-order valence-electron chi connectivity index (χ2n) is 21.7. The van der Waals surface area contributed by atoms with Gasteiger partial charge in [-0.1, -0.05) is 288 Å². The van der Waals surface area contributed by atoms with Gasteiger partial charge in [-0.05, 0) is 77.0 Å². The Hall–Kier alpha value is -1.92. The predicted octanol–water partition coefficient (Wildman–Crippen LogP) is 20.0. The number of hydrogen-bond donors (Lipinski definition) is 3. The molecule has 0 heterocycles. The summed E-state index contributed by atoms with van der Waals surface area (Å²) in [7, 11) is 0. The van der Waals surface area contributed by atoms with Crippen molar-refractivity contribution in [2.24, 2.45) is 0 Å². The Morgan fingerprint density at radius 3 is 1.04 bits per heavy atom. The quantitative estimate of drug-likeness (QED) is 0.0321. The van der Waals surface area contributed by atoms with Crippen molar-refractivity contribution in [3.63, 3.8) is 0 Å². The van der Waals surface area contributed by atoms with E-state index >= 15 is 0 Å². The molecular formula is C65H123NO5. The molecule has 0 aromatic heterocycles. The number of ether oxygens (including phenoxy) is 1. The SMILES string of the molecule is CCCC/C=C\CCCCCCCC(=O)OCCCCCCCCCCCCCC/C=C\CCCCCCCCCCCCCCCC(=O)NC(CO)C(O)/C=C/CCCCCCCCCCCCCC. The molecule has 3 N–H and O–H groups in total. The molecule has 0 fully saturated rings. The fraction of sp³-hybridized carbons (Fsp3) is 0.877. The second kappa shape index (κ2) is 60.6. The van der Waals surface area contributed by atoms with Crippen molar-refractivity contribution < 1.29 is 24.5 Å². The highest BCUT2D eigenvalue weighted by molar-refractivity contribution is 5.76. The van der Waals surface area contributed by atoms with Gasteiger partial charge in [-0.2, -0.15) is 0 Å². The summed E-state index contributed by atoms with van der Waals surface area (Å²) in [5.74, 6) is -0.0613. The average Bonchev–Trinajstić information content (AvgIpc) is 3.37. The standard InChI is InChI=1S/C65H123NO5/c1-3-5-7-9-11-13-15-16-34-38-41-45-49-53-57-63(68)62(61-67)66-64(69)58-54-50-46-42-39-35-32-30-28-26-24-22-20-18-17-19-21-23-25-27-29-31-33-36-40-44-48-52-56-60-71-65(70)59-55-51-47-43-37-14-12-10-8-6-4-2/h10,12,17,19,53,57,62-63,67-68H,3-9,11,13-16,18,20-52,54-56,58-61H2,1-2H3,(H,66,69)/b12-10-,19-17-,57-53+. The Labute approximate surface area is 443 Å². The molecule has 71 heavy (non-hydrogen) atoms. The van der Waals surface area contributed by atoms with Gasteiger partial charge in [0.25, 0.3) is 0 Å². The minimum Gasteiger partial charge on any atom is -0.466 e. The van der Waals surface area contributed by atoms with Gasteiger partial charge in [0.15, 0.2) is 0 Å². The van der Waals surface area contributed by atoms with Crippen molar-refractivity contribution in [1.29, 1.82) is 0 Å². The van der Waals surface area contributed by atoms with Gasteiger partial charge in [0.05, 0.1) is 25.4 Å². The lowest BCUT2D eigenvalue weighted by Gasteiger charge is -2.20. The number of aliphatic hydroxyl groups excluding tert-OH is 2. The predicted molar refractivity (Wildman–Crippen MR) is 310 cm³/mol. The fourth-order valence-electron chi connectivity index (χ4n) is 9.73. The number of unbranched alkanes of at least 4 members (excludes halogenated alkanes) is 44. The van der Waals surface area contributed by atoms with Crippen LogP contribution in [0.25, 0.3) is 0 Å². The third-order valence-corrected chi connectivity index (χ3v) is 14.6. The van der Waals surface area contributed by atoms with Gasteiger partial charge >= 0.3 is 5.97 Å². The number of esters is 1. The number of carbonyl (C=O) groups is 2. The van der Waals surface area contributed by atoms with Crippen molar-refractivity contribution in [3.05, 3.63) is 36.5 Å². The van der Waals surface area contributed by atoms with E-state index in [9.17, 15) is 19.8 Å². The molecule has 2 unspecified atom stereocenters. The monoisotopic (exact) mass is 998 g/mol. The van der Waals surface area contributed by atoms with Crippen LogP contribution in [-0.4, -0.2) is 47.4 Å². The highest BCUT2D eigenvalue weighted by Crippen LogP contribution is 2.17. The normalized spacial score (nSPS) is 12.8. The first-order valence-corrected chi connectivity index (χ1v) is 31.8. The molecule has 0 spiro atoms. The Morgan fingerprint density at radius 2 is 0.676 bits per heavy atom. The Bertz CT molecular complexity index is 1150. The summed E-state index contributed by atoms with van der Waals surface area (Å²) < 4.78 is 5.46. The first-order chi connectivity index (χ1) is 35.0. The van der Waals surface area contributed by atoms with E-state index in [4.69, 9.17) is 4.74 Å². The summed E-state index contributed by atoms with van der Waals surface area (Å²) in [5.41, 5.74) is 0. The van der Waals surface area contributed by atoms with Crippen LogP contribution in [-0.2, 0) is 14.3 Å². The van der Waals surface area contributed by atoms with Crippen LogP contribution in [0.5, 0.6) is 0 Å². The lowest BCUT2D eigenvalue weighted by atomic mass is 10.0. The number of hydrogen-bond acceptors (Lipinski definition) is 5. The Kier molecular flexibility index (Phi) is 59.0. The zero-order valence-electron chi connectivity index (χ0n) is 47.7. The minimum atomic E-state index is -0.843. The molecule has 1 amide bonds. The highest BCUT2D eigenvalue weighted by atomic mass is 16.5. The van der Waals surface area contributed by atoms with Crippen LogP contribution in [0.2, 0.25) is 0 Å². The van der Waals surface area contributed by atoms with Gasteiger partial charge in [0.1, 0.15) is 0 Å². The Balaban J connectivity index is 3.39. The zero-order chi connectivity index (χ0) is 51.4. The first kappa shape index (κ1) is 69.1. The van der Waals surface area contributed by atoms with Crippen molar-refractivity contribution >= 4 is 11.9 Å². The molecule has 0 aromatic carbocycles. The van der Waals surface area contributed by atoms with E-state index < -0.39 is 12.1 Å². The van der Waals surface area contributed by atoms with Crippen molar-refractivity contribution in [2.75, 3.05) is 13.2 Å². The zero-order valence-corrected chi connectivity index (χ0v) is 47.7.